The molecule has 1 aliphatic heterocycles. The lowest BCUT2D eigenvalue weighted by atomic mass is 9.90. The number of nitrogens with one attached hydrogen (secondary N) is 2. The molecule has 5 heteroatoms. The van der Waals surface area contributed by atoms with E-state index in [2.05, 4.69) is 17.6 Å². The van der Waals surface area contributed by atoms with Crippen LogP contribution < -0.4 is 16.4 Å². The van der Waals surface area contributed by atoms with Gasteiger partial charge in [-0.25, -0.2) is 0 Å². The molecule has 0 spiro atoms. The number of hydrogen-bond acceptors (Lipinski definition) is 3. The van der Waals surface area contributed by atoms with Gasteiger partial charge in [0.25, 0.3) is 0 Å². The third-order valence-electron chi connectivity index (χ3n) is 4.20. The summed E-state index contributed by atoms with van der Waals surface area (Å²) < 4.78 is 0. The Balaban J connectivity index is 2.23. The quantitative estimate of drug-likeness (QED) is 0.774. The number of rotatable bonds is 5. The Bertz CT molecular complexity index is 548. The maximum Gasteiger partial charge on any atom is 0.249 e. The molecule has 0 aromatic heterocycles. The van der Waals surface area contributed by atoms with Crippen LogP contribution in [0.2, 0.25) is 0 Å². The van der Waals surface area contributed by atoms with E-state index >= 15 is 0 Å². The van der Waals surface area contributed by atoms with Crippen LogP contribution in [0.4, 0.5) is 5.69 Å². The van der Waals surface area contributed by atoms with Crippen molar-refractivity contribution in [2.75, 3.05) is 11.9 Å². The van der Waals surface area contributed by atoms with E-state index in [4.69, 9.17) is 5.73 Å². The maximum absolute atomic E-state index is 12.7. The summed E-state index contributed by atoms with van der Waals surface area (Å²) in [5.74, 6) is -0.502. The average molecular weight is 289 g/mol. The van der Waals surface area contributed by atoms with E-state index < -0.39 is 11.4 Å². The van der Waals surface area contributed by atoms with Gasteiger partial charge in [-0.1, -0.05) is 19.4 Å². The summed E-state index contributed by atoms with van der Waals surface area (Å²) in [6.07, 6.45) is 3.61. The number of carbonyl (C=O) groups is 2. The highest BCUT2D eigenvalue weighted by Gasteiger charge is 2.40. The number of hydrogen-bond donors (Lipinski definition) is 3. The third-order valence-corrected chi connectivity index (χ3v) is 4.20. The summed E-state index contributed by atoms with van der Waals surface area (Å²) in [5, 5.41) is 6.31. The molecule has 5 nitrogen and oxygen atoms in total. The predicted molar refractivity (Wildman–Crippen MR) is 83.2 cm³/mol. The molecule has 2 amide bonds. The van der Waals surface area contributed by atoms with Crippen LogP contribution in [0.25, 0.3) is 0 Å². The summed E-state index contributed by atoms with van der Waals surface area (Å²) in [5.41, 5.74) is 6.67. The molecular weight excluding hydrogens is 266 g/mol. The molecule has 1 aromatic carbocycles. The molecule has 114 valence electrons. The summed E-state index contributed by atoms with van der Waals surface area (Å²) in [6.45, 7) is 4.74. The van der Waals surface area contributed by atoms with Gasteiger partial charge in [0.2, 0.25) is 11.8 Å². The van der Waals surface area contributed by atoms with Crippen LogP contribution in [0, 0.1) is 6.92 Å². The first-order valence-electron chi connectivity index (χ1n) is 7.46. The van der Waals surface area contributed by atoms with Crippen LogP contribution in [0.5, 0.6) is 0 Å². The first kappa shape index (κ1) is 15.5. The molecule has 21 heavy (non-hydrogen) atoms. The van der Waals surface area contributed by atoms with Crippen LogP contribution in [0.1, 0.15) is 48.5 Å². The molecule has 1 heterocycles. The van der Waals surface area contributed by atoms with Gasteiger partial charge in [-0.3, -0.25) is 9.59 Å². The topological polar surface area (TPSA) is 84.2 Å². The minimum Gasteiger partial charge on any atom is -0.366 e. The Kier molecular flexibility index (Phi) is 4.63. The van der Waals surface area contributed by atoms with Gasteiger partial charge in [-0.05, 0) is 50.4 Å². The lowest BCUT2D eigenvalue weighted by Gasteiger charge is -2.28. The van der Waals surface area contributed by atoms with Crippen molar-refractivity contribution in [1.29, 1.82) is 0 Å². The van der Waals surface area contributed by atoms with Crippen molar-refractivity contribution >= 4 is 17.5 Å². The summed E-state index contributed by atoms with van der Waals surface area (Å²) in [4.78, 5) is 24.0. The zero-order valence-electron chi connectivity index (χ0n) is 12.7. The first-order valence-corrected chi connectivity index (χ1v) is 7.46. The van der Waals surface area contributed by atoms with Crippen molar-refractivity contribution in [1.82, 2.24) is 5.32 Å². The first-order chi connectivity index (χ1) is 10.00. The fourth-order valence-electron chi connectivity index (χ4n) is 3.03. The highest BCUT2D eigenvalue weighted by molar-refractivity contribution is 6.01. The largest absolute Gasteiger partial charge is 0.366 e. The maximum atomic E-state index is 12.7. The third kappa shape index (κ3) is 3.08. The number of nitrogens with two attached hydrogens (primary N) is 1. The molecule has 1 aromatic rings. The Morgan fingerprint density at radius 1 is 1.43 bits per heavy atom. The van der Waals surface area contributed by atoms with E-state index in [1.807, 2.05) is 0 Å². The Labute approximate surface area is 125 Å². The van der Waals surface area contributed by atoms with E-state index in [-0.39, 0.29) is 5.91 Å². The number of carbonyl (C=O) groups excluding carboxylic acids is 2. The van der Waals surface area contributed by atoms with Gasteiger partial charge in [-0.15, -0.1) is 0 Å². The summed E-state index contributed by atoms with van der Waals surface area (Å²) in [7, 11) is 0. The van der Waals surface area contributed by atoms with Crippen LogP contribution in [0.3, 0.4) is 0 Å². The molecule has 4 N–H and O–H groups in total. The second-order valence-electron chi connectivity index (χ2n) is 5.66. The minimum atomic E-state index is -0.482. The second-order valence-corrected chi connectivity index (χ2v) is 5.66. The van der Waals surface area contributed by atoms with Crippen LogP contribution in [-0.2, 0) is 4.79 Å². The molecule has 0 radical (unpaired) electrons. The van der Waals surface area contributed by atoms with E-state index in [1.165, 1.54) is 0 Å². The van der Waals surface area contributed by atoms with Crippen molar-refractivity contribution in [3.8, 4) is 0 Å². The normalized spacial score (nSPS) is 21.2. The minimum absolute atomic E-state index is 0.0217. The monoisotopic (exact) mass is 289 g/mol. The lowest BCUT2D eigenvalue weighted by Crippen LogP contribution is -2.50. The van der Waals surface area contributed by atoms with Crippen molar-refractivity contribution in [2.45, 2.75) is 45.1 Å². The fraction of sp³-hybridized carbons (Fsp3) is 0.500. The van der Waals surface area contributed by atoms with E-state index in [0.717, 1.165) is 32.2 Å². The summed E-state index contributed by atoms with van der Waals surface area (Å²) in [6, 6.07) is 5.20. The molecule has 0 aliphatic carbocycles. The fourth-order valence-corrected chi connectivity index (χ4v) is 3.03. The molecular formula is C16H23N3O2. The molecule has 1 atom stereocenters. The van der Waals surface area contributed by atoms with Gasteiger partial charge >= 0.3 is 0 Å². The van der Waals surface area contributed by atoms with Gasteiger partial charge in [0.1, 0.15) is 0 Å². The molecule has 0 bridgehead atoms. The van der Waals surface area contributed by atoms with E-state index in [1.54, 1.807) is 25.1 Å². The van der Waals surface area contributed by atoms with Gasteiger partial charge in [-0.2, -0.15) is 0 Å². The van der Waals surface area contributed by atoms with Crippen molar-refractivity contribution in [2.24, 2.45) is 5.73 Å². The Morgan fingerprint density at radius 2 is 2.19 bits per heavy atom. The van der Waals surface area contributed by atoms with Gasteiger partial charge in [0.15, 0.2) is 0 Å². The van der Waals surface area contributed by atoms with Crippen molar-refractivity contribution in [3.05, 3.63) is 29.3 Å². The van der Waals surface area contributed by atoms with E-state index in [9.17, 15) is 9.59 Å². The zero-order valence-corrected chi connectivity index (χ0v) is 12.7. The summed E-state index contributed by atoms with van der Waals surface area (Å²) >= 11 is 0. The highest BCUT2D eigenvalue weighted by atomic mass is 16.2. The SMILES string of the molecule is CCCC1(C(=O)Nc2cccc(C(N)=O)c2C)CCCN1. The van der Waals surface area contributed by atoms with E-state index in [0.29, 0.717) is 16.8 Å². The van der Waals surface area contributed by atoms with Crippen molar-refractivity contribution < 1.29 is 9.59 Å². The zero-order chi connectivity index (χ0) is 15.5. The number of primary amides is 1. The smallest absolute Gasteiger partial charge is 0.249 e. The number of amides is 2. The van der Waals surface area contributed by atoms with Gasteiger partial charge in [0, 0.05) is 11.3 Å². The average Bonchev–Trinajstić information content (AvgIpc) is 2.91. The molecule has 1 fully saturated rings. The second kappa shape index (κ2) is 6.26. The van der Waals surface area contributed by atoms with Crippen molar-refractivity contribution in [3.63, 3.8) is 0 Å². The van der Waals surface area contributed by atoms with Crippen LogP contribution in [-0.4, -0.2) is 23.9 Å². The molecule has 2 rings (SSSR count). The predicted octanol–water partition coefficient (Wildman–Crippen LogP) is 1.95. The standard InChI is InChI=1S/C16H23N3O2/c1-3-8-16(9-5-10-18-16)15(21)19-13-7-4-6-12(11(13)2)14(17)20/h4,6-7,18H,3,5,8-10H2,1-2H3,(H2,17,20)(H,19,21). The Hall–Kier alpha value is -1.88. The molecule has 0 saturated carbocycles. The Morgan fingerprint density at radius 3 is 2.76 bits per heavy atom. The number of anilines is 1. The molecule has 1 unspecified atom stereocenters. The number of benzene rings is 1. The molecule has 1 aliphatic rings. The lowest BCUT2D eigenvalue weighted by molar-refractivity contribution is -0.122. The van der Waals surface area contributed by atoms with Gasteiger partial charge < -0.3 is 16.4 Å². The molecule has 1 saturated heterocycles. The van der Waals surface area contributed by atoms with Crippen LogP contribution in [0.15, 0.2) is 18.2 Å². The van der Waals surface area contributed by atoms with Gasteiger partial charge in [0.05, 0.1) is 5.54 Å². The highest BCUT2D eigenvalue weighted by Crippen LogP contribution is 2.27. The van der Waals surface area contributed by atoms with Crippen LogP contribution >= 0.6 is 0 Å².